The summed E-state index contributed by atoms with van der Waals surface area (Å²) >= 11 is 0. The molecule has 2 heterocycles. The van der Waals surface area contributed by atoms with Crippen LogP contribution in [0.4, 0.5) is 0 Å². The van der Waals surface area contributed by atoms with E-state index in [2.05, 4.69) is 0 Å². The minimum Gasteiger partial charge on any atom is -0.508 e. The molecule has 0 bridgehead atoms. The van der Waals surface area contributed by atoms with Crippen molar-refractivity contribution < 1.29 is 14.3 Å². The molecular weight excluding hydrogens is 280 g/mol. The molecule has 2 aromatic carbocycles. The van der Waals surface area contributed by atoms with Gasteiger partial charge in [-0.15, -0.1) is 0 Å². The highest BCUT2D eigenvalue weighted by Gasteiger charge is 2.18. The van der Waals surface area contributed by atoms with Gasteiger partial charge >= 0.3 is 0 Å². The van der Waals surface area contributed by atoms with Crippen LogP contribution in [0.3, 0.4) is 0 Å². The molecule has 0 spiro atoms. The van der Waals surface area contributed by atoms with Crippen molar-refractivity contribution in [3.63, 3.8) is 0 Å². The summed E-state index contributed by atoms with van der Waals surface area (Å²) in [5.74, 6) is 1.44. The van der Waals surface area contributed by atoms with Crippen molar-refractivity contribution in [2.45, 2.75) is 6.42 Å². The number of phenols is 1. The largest absolute Gasteiger partial charge is 0.508 e. The summed E-state index contributed by atoms with van der Waals surface area (Å²) in [6.07, 6.45) is 3.72. The van der Waals surface area contributed by atoms with Gasteiger partial charge in [-0.3, -0.25) is 4.79 Å². The molecule has 1 N–H and O–H groups in total. The lowest BCUT2D eigenvalue weighted by Crippen LogP contribution is -2.05. The summed E-state index contributed by atoms with van der Waals surface area (Å²) in [5, 5.41) is 10.0. The predicted octanol–water partition coefficient (Wildman–Crippen LogP) is 3.47. The zero-order valence-corrected chi connectivity index (χ0v) is 11.6. The highest BCUT2D eigenvalue weighted by molar-refractivity contribution is 5.78. The molecule has 0 amide bonds. The van der Waals surface area contributed by atoms with E-state index in [4.69, 9.17) is 9.15 Å². The van der Waals surface area contributed by atoms with Crippen LogP contribution in [-0.4, -0.2) is 5.11 Å². The van der Waals surface area contributed by atoms with Gasteiger partial charge in [0.2, 0.25) is 0 Å². The average molecular weight is 292 g/mol. The van der Waals surface area contributed by atoms with Crippen LogP contribution in [0.1, 0.15) is 11.1 Å². The number of phenolic OH excluding ortho intramolecular Hbond substituents is 1. The number of fused-ring (bicyclic) bond motifs is 2. The predicted molar refractivity (Wildman–Crippen MR) is 82.9 cm³/mol. The molecule has 4 heteroatoms. The first-order valence-corrected chi connectivity index (χ1v) is 6.91. The Morgan fingerprint density at radius 3 is 2.91 bits per heavy atom. The topological polar surface area (TPSA) is 59.7 Å². The molecule has 4 nitrogen and oxygen atoms in total. The zero-order valence-electron chi connectivity index (χ0n) is 11.6. The minimum absolute atomic E-state index is 0.0863. The van der Waals surface area contributed by atoms with Gasteiger partial charge in [0, 0.05) is 18.1 Å². The van der Waals surface area contributed by atoms with Crippen LogP contribution < -0.4 is 10.2 Å². The van der Waals surface area contributed by atoms with Gasteiger partial charge < -0.3 is 14.3 Å². The molecule has 1 aliphatic rings. The lowest BCUT2D eigenvalue weighted by atomic mass is 10.1. The minimum atomic E-state index is -0.0863. The fourth-order valence-electron chi connectivity index (χ4n) is 2.60. The normalized spacial score (nSPS) is 15.0. The van der Waals surface area contributed by atoms with Crippen molar-refractivity contribution in [1.82, 2.24) is 0 Å². The van der Waals surface area contributed by atoms with Gasteiger partial charge in [0.1, 0.15) is 29.1 Å². The molecule has 22 heavy (non-hydrogen) atoms. The van der Waals surface area contributed by atoms with E-state index in [9.17, 15) is 9.90 Å². The molecule has 1 aliphatic heterocycles. The number of rotatable bonds is 1. The molecule has 0 unspecified atom stereocenters. The maximum Gasteiger partial charge on any atom is 0.200 e. The highest BCUT2D eigenvalue weighted by Crippen LogP contribution is 2.34. The quantitative estimate of drug-likeness (QED) is 0.746. The van der Waals surface area contributed by atoms with E-state index in [1.807, 2.05) is 12.1 Å². The molecule has 108 valence electrons. The second kappa shape index (κ2) is 4.77. The van der Waals surface area contributed by atoms with Gasteiger partial charge in [0.05, 0.1) is 10.9 Å². The molecule has 0 fully saturated rings. The Kier molecular flexibility index (Phi) is 2.76. The molecular formula is C18H12O4. The number of allylic oxidation sites excluding steroid dienone is 1. The maximum atomic E-state index is 12.4. The molecule has 3 aromatic rings. The third-order valence-electron chi connectivity index (χ3n) is 3.68. The number of hydrogen-bond acceptors (Lipinski definition) is 4. The SMILES string of the molecule is O=c1c(/C=C2/Cc3ccc(O)cc3O2)coc2ccccc12. The van der Waals surface area contributed by atoms with Crippen LogP contribution in [0.5, 0.6) is 11.5 Å². The van der Waals surface area contributed by atoms with Gasteiger partial charge in [-0.25, -0.2) is 0 Å². The average Bonchev–Trinajstić information content (AvgIpc) is 2.92. The highest BCUT2D eigenvalue weighted by atomic mass is 16.5. The van der Waals surface area contributed by atoms with Crippen molar-refractivity contribution in [3.8, 4) is 11.5 Å². The van der Waals surface area contributed by atoms with Crippen LogP contribution >= 0.6 is 0 Å². The van der Waals surface area contributed by atoms with Crippen LogP contribution in [0.25, 0.3) is 17.0 Å². The number of benzene rings is 2. The second-order valence-corrected chi connectivity index (χ2v) is 5.20. The Labute approximate surface area is 125 Å². The zero-order chi connectivity index (χ0) is 15.1. The summed E-state index contributed by atoms with van der Waals surface area (Å²) in [7, 11) is 0. The maximum absolute atomic E-state index is 12.4. The summed E-state index contributed by atoms with van der Waals surface area (Å²) in [6.45, 7) is 0. The first-order valence-electron chi connectivity index (χ1n) is 6.91. The third-order valence-corrected chi connectivity index (χ3v) is 3.68. The van der Waals surface area contributed by atoms with E-state index in [0.29, 0.717) is 34.5 Å². The number of hydrogen-bond donors (Lipinski definition) is 1. The van der Waals surface area contributed by atoms with Gasteiger partial charge in [-0.05, 0) is 24.3 Å². The van der Waals surface area contributed by atoms with Crippen LogP contribution in [0, 0.1) is 0 Å². The van der Waals surface area contributed by atoms with Crippen LogP contribution in [0.2, 0.25) is 0 Å². The fraction of sp³-hybridized carbons (Fsp3) is 0.0556. The molecule has 1 aromatic heterocycles. The van der Waals surface area contributed by atoms with Crippen molar-refractivity contribution >= 4 is 17.0 Å². The first kappa shape index (κ1) is 12.7. The molecule has 0 aliphatic carbocycles. The van der Waals surface area contributed by atoms with Gasteiger partial charge in [-0.1, -0.05) is 18.2 Å². The molecule has 0 saturated heterocycles. The van der Waals surface area contributed by atoms with Crippen molar-refractivity contribution in [2.75, 3.05) is 0 Å². The summed E-state index contributed by atoms with van der Waals surface area (Å²) in [4.78, 5) is 12.4. The molecule has 4 rings (SSSR count). The van der Waals surface area contributed by atoms with E-state index >= 15 is 0 Å². The number of ether oxygens (including phenoxy) is 1. The Hall–Kier alpha value is -3.01. The van der Waals surface area contributed by atoms with Crippen LogP contribution in [-0.2, 0) is 6.42 Å². The van der Waals surface area contributed by atoms with Crippen molar-refractivity contribution in [3.05, 3.63) is 75.8 Å². The Morgan fingerprint density at radius 1 is 1.14 bits per heavy atom. The van der Waals surface area contributed by atoms with Gasteiger partial charge in [0.15, 0.2) is 5.43 Å². The van der Waals surface area contributed by atoms with Crippen LogP contribution in [0.15, 0.2) is 63.7 Å². The van der Waals surface area contributed by atoms with Gasteiger partial charge in [0.25, 0.3) is 0 Å². The summed E-state index contributed by atoms with van der Waals surface area (Å²) in [5.41, 5.74) is 1.91. The molecule has 0 atom stereocenters. The van der Waals surface area contributed by atoms with E-state index in [1.165, 1.54) is 6.26 Å². The lowest BCUT2D eigenvalue weighted by Gasteiger charge is -2.01. The Bertz CT molecular complexity index is 966. The number of aromatic hydroxyl groups is 1. The summed E-state index contributed by atoms with van der Waals surface area (Å²) in [6, 6.07) is 12.1. The van der Waals surface area contributed by atoms with Gasteiger partial charge in [-0.2, -0.15) is 0 Å². The Morgan fingerprint density at radius 2 is 2.00 bits per heavy atom. The monoisotopic (exact) mass is 292 g/mol. The van der Waals surface area contributed by atoms with E-state index < -0.39 is 0 Å². The Balaban J connectivity index is 1.76. The lowest BCUT2D eigenvalue weighted by molar-refractivity contribution is 0.440. The summed E-state index contributed by atoms with van der Waals surface area (Å²) < 4.78 is 11.2. The molecule has 0 saturated carbocycles. The standard InChI is InChI=1S/C18H12O4/c19-13-6-5-11-7-14(22-17(11)9-13)8-12-10-21-16-4-2-1-3-15(16)18(12)20/h1-6,8-10,19H,7H2/b14-8-. The first-order chi connectivity index (χ1) is 10.7. The van der Waals surface area contributed by atoms with Crippen molar-refractivity contribution in [1.29, 1.82) is 0 Å². The van der Waals surface area contributed by atoms with E-state index in [0.717, 1.165) is 5.56 Å². The second-order valence-electron chi connectivity index (χ2n) is 5.20. The molecule has 0 radical (unpaired) electrons. The van der Waals surface area contributed by atoms with Crippen molar-refractivity contribution in [2.24, 2.45) is 0 Å². The number of para-hydroxylation sites is 1. The van der Waals surface area contributed by atoms with E-state index in [1.54, 1.807) is 36.4 Å². The van der Waals surface area contributed by atoms with E-state index in [-0.39, 0.29) is 11.2 Å². The third kappa shape index (κ3) is 2.05. The smallest absolute Gasteiger partial charge is 0.200 e. The fourth-order valence-corrected chi connectivity index (χ4v) is 2.60.